The van der Waals surface area contributed by atoms with Crippen LogP contribution in [-0.4, -0.2) is 70.0 Å². The molecule has 216 valence electrons. The lowest BCUT2D eigenvalue weighted by Gasteiger charge is -2.38. The Labute approximate surface area is 237 Å². The minimum absolute atomic E-state index is 0.0730. The molecule has 1 saturated heterocycles. The molecule has 0 saturated carbocycles. The van der Waals surface area contributed by atoms with Gasteiger partial charge >= 0.3 is 0 Å². The Kier molecular flexibility index (Phi) is 7.10. The van der Waals surface area contributed by atoms with Crippen molar-refractivity contribution in [2.24, 2.45) is 0 Å². The second-order valence-electron chi connectivity index (χ2n) is 10.7. The first-order valence-electron chi connectivity index (χ1n) is 13.4. The molecular weight excluding hydrogens is 563 g/mol. The quantitative estimate of drug-likeness (QED) is 0.354. The van der Waals surface area contributed by atoms with E-state index in [4.69, 9.17) is 11.6 Å². The van der Waals surface area contributed by atoms with Crippen LogP contribution in [0.5, 0.6) is 0 Å². The number of likely N-dealkylation sites (tertiary alicyclic amines) is 1. The number of benzene rings is 1. The van der Waals surface area contributed by atoms with Gasteiger partial charge < -0.3 is 10.0 Å². The molecule has 1 aliphatic heterocycles. The summed E-state index contributed by atoms with van der Waals surface area (Å²) in [6, 6.07) is 3.26. The Hall–Kier alpha value is -3.71. The highest BCUT2D eigenvalue weighted by Crippen LogP contribution is 2.34. The molecule has 4 heterocycles. The zero-order valence-corrected chi connectivity index (χ0v) is 22.6. The van der Waals surface area contributed by atoms with Crippen LogP contribution >= 0.6 is 11.6 Å². The number of piperidine rings is 1. The summed E-state index contributed by atoms with van der Waals surface area (Å²) >= 11 is 6.50. The van der Waals surface area contributed by atoms with Gasteiger partial charge in [0, 0.05) is 35.9 Å². The summed E-state index contributed by atoms with van der Waals surface area (Å²) in [5.41, 5.74) is 2.13. The van der Waals surface area contributed by atoms with E-state index in [-0.39, 0.29) is 38.1 Å². The van der Waals surface area contributed by atoms with Gasteiger partial charge in [-0.3, -0.25) is 18.8 Å². The molecule has 1 N–H and O–H groups in total. The lowest BCUT2D eigenvalue weighted by molar-refractivity contribution is -0.138. The van der Waals surface area contributed by atoms with Crippen LogP contribution in [0.1, 0.15) is 42.9 Å². The molecule has 0 spiro atoms. The van der Waals surface area contributed by atoms with Crippen LogP contribution in [0, 0.1) is 5.95 Å². The number of fused-ring (bicyclic) bond motifs is 2. The molecule has 1 atom stereocenters. The molecule has 0 bridgehead atoms. The number of aryl methyl sites for hydroxylation is 1. The molecule has 41 heavy (non-hydrogen) atoms. The SMILES string of the molecule is O=C(CC(C(F)F)n1ccc(F)n1)N1CCC(O)(Cn2cnn3c(-c4cc(Cl)c5c(c4)CCC5)cnc3c2=O)CC1. The zero-order chi connectivity index (χ0) is 28.9. The summed E-state index contributed by atoms with van der Waals surface area (Å²) in [6.45, 7) is 0.141. The number of nitrogens with zero attached hydrogens (tertiary/aromatic N) is 7. The van der Waals surface area contributed by atoms with Gasteiger partial charge in [0.1, 0.15) is 12.4 Å². The van der Waals surface area contributed by atoms with Gasteiger partial charge in [-0.15, -0.1) is 5.10 Å². The van der Waals surface area contributed by atoms with Crippen molar-refractivity contribution < 1.29 is 23.1 Å². The van der Waals surface area contributed by atoms with Gasteiger partial charge in [0.25, 0.3) is 12.0 Å². The molecule has 4 aromatic rings. The number of carbonyl (C=O) groups is 1. The molecule has 1 aliphatic carbocycles. The fourth-order valence-corrected chi connectivity index (χ4v) is 6.10. The van der Waals surface area contributed by atoms with Gasteiger partial charge in [-0.05, 0) is 55.4 Å². The van der Waals surface area contributed by atoms with Gasteiger partial charge in [-0.25, -0.2) is 18.3 Å². The minimum Gasteiger partial charge on any atom is -0.388 e. The molecule has 10 nitrogen and oxygen atoms in total. The number of hydrogen-bond donors (Lipinski definition) is 1. The van der Waals surface area contributed by atoms with Crippen molar-refractivity contribution >= 4 is 23.2 Å². The van der Waals surface area contributed by atoms with E-state index in [1.807, 2.05) is 6.07 Å². The first-order chi connectivity index (χ1) is 19.6. The standard InChI is InChI=1S/C27H27ClF3N7O3/c28-19-11-17(10-16-2-1-3-18(16)19)21-13-32-25-26(40)36(15-33-38(21)25)14-27(41)5-8-35(9-6-27)23(39)12-20(24(30)31)37-7-4-22(29)34-37/h4,7,10-11,13,15,20,24,41H,1-3,5-6,8-9,12,14H2. The summed E-state index contributed by atoms with van der Waals surface area (Å²) in [7, 11) is 0. The van der Waals surface area contributed by atoms with E-state index in [1.165, 1.54) is 25.9 Å². The summed E-state index contributed by atoms with van der Waals surface area (Å²) in [5, 5.41) is 19.7. The number of aliphatic hydroxyl groups is 1. The molecule has 1 unspecified atom stereocenters. The van der Waals surface area contributed by atoms with Crippen molar-refractivity contribution in [3.8, 4) is 11.3 Å². The highest BCUT2D eigenvalue weighted by Gasteiger charge is 2.36. The maximum atomic E-state index is 13.6. The van der Waals surface area contributed by atoms with Crippen LogP contribution in [0.25, 0.3) is 16.9 Å². The number of carbonyl (C=O) groups excluding carboxylic acids is 1. The maximum absolute atomic E-state index is 13.6. The zero-order valence-electron chi connectivity index (χ0n) is 21.9. The lowest BCUT2D eigenvalue weighted by Crippen LogP contribution is -2.50. The molecule has 1 fully saturated rings. The first kappa shape index (κ1) is 27.5. The van der Waals surface area contributed by atoms with Crippen molar-refractivity contribution in [2.45, 2.75) is 63.1 Å². The van der Waals surface area contributed by atoms with Crippen molar-refractivity contribution in [3.05, 3.63) is 69.4 Å². The van der Waals surface area contributed by atoms with E-state index in [2.05, 4.69) is 21.2 Å². The number of aromatic nitrogens is 6. The van der Waals surface area contributed by atoms with E-state index in [0.717, 1.165) is 47.3 Å². The second-order valence-corrected chi connectivity index (χ2v) is 11.1. The fourth-order valence-electron chi connectivity index (χ4n) is 5.77. The Morgan fingerprint density at radius 1 is 1.20 bits per heavy atom. The number of alkyl halides is 2. The molecule has 14 heteroatoms. The monoisotopic (exact) mass is 589 g/mol. The van der Waals surface area contributed by atoms with E-state index in [0.29, 0.717) is 10.7 Å². The van der Waals surface area contributed by atoms with Crippen LogP contribution < -0.4 is 5.56 Å². The number of rotatable bonds is 7. The predicted octanol–water partition coefficient (Wildman–Crippen LogP) is 3.29. The Morgan fingerprint density at radius 2 is 1.98 bits per heavy atom. The molecule has 1 aromatic carbocycles. The summed E-state index contributed by atoms with van der Waals surface area (Å²) < 4.78 is 43.8. The first-order valence-corrected chi connectivity index (χ1v) is 13.7. The normalized spacial score (nSPS) is 17.4. The molecule has 6 rings (SSSR count). The van der Waals surface area contributed by atoms with Gasteiger partial charge in [0.15, 0.2) is 0 Å². The number of imidazole rings is 1. The van der Waals surface area contributed by atoms with Crippen LogP contribution in [0.2, 0.25) is 5.02 Å². The average molecular weight is 590 g/mol. The van der Waals surface area contributed by atoms with Crippen molar-refractivity contribution in [2.75, 3.05) is 13.1 Å². The topological polar surface area (TPSA) is 111 Å². The maximum Gasteiger partial charge on any atom is 0.296 e. The number of halogens is 4. The largest absolute Gasteiger partial charge is 0.388 e. The van der Waals surface area contributed by atoms with E-state index in [9.17, 15) is 27.9 Å². The van der Waals surface area contributed by atoms with Gasteiger partial charge in [0.2, 0.25) is 17.5 Å². The van der Waals surface area contributed by atoms with Crippen LogP contribution in [-0.2, 0) is 24.2 Å². The Bertz CT molecular complexity index is 1680. The third-order valence-electron chi connectivity index (χ3n) is 8.05. The Morgan fingerprint density at radius 3 is 2.68 bits per heavy atom. The molecule has 0 radical (unpaired) electrons. The molecule has 2 aliphatic rings. The average Bonchev–Trinajstić information content (AvgIpc) is 3.69. The van der Waals surface area contributed by atoms with Crippen molar-refractivity contribution in [1.82, 2.24) is 33.8 Å². The molecule has 1 amide bonds. The van der Waals surface area contributed by atoms with Crippen LogP contribution in [0.4, 0.5) is 13.2 Å². The fraction of sp³-hybridized carbons (Fsp3) is 0.444. The second kappa shape index (κ2) is 10.6. The lowest BCUT2D eigenvalue weighted by atomic mass is 9.91. The summed E-state index contributed by atoms with van der Waals surface area (Å²) in [4.78, 5) is 31.7. The van der Waals surface area contributed by atoms with Gasteiger partial charge in [-0.2, -0.15) is 9.49 Å². The third-order valence-corrected chi connectivity index (χ3v) is 8.39. The molecular formula is C27H27ClF3N7O3. The molecule has 3 aromatic heterocycles. The third kappa shape index (κ3) is 5.23. The van der Waals surface area contributed by atoms with E-state index in [1.54, 1.807) is 6.20 Å². The van der Waals surface area contributed by atoms with Crippen molar-refractivity contribution in [3.63, 3.8) is 0 Å². The van der Waals surface area contributed by atoms with E-state index < -0.39 is 41.9 Å². The van der Waals surface area contributed by atoms with Crippen LogP contribution in [0.3, 0.4) is 0 Å². The van der Waals surface area contributed by atoms with Gasteiger partial charge in [0.05, 0.1) is 30.5 Å². The summed E-state index contributed by atoms with van der Waals surface area (Å²) in [6.07, 6.45) is 3.70. The van der Waals surface area contributed by atoms with Crippen LogP contribution in [0.15, 0.2) is 41.7 Å². The number of hydrogen-bond acceptors (Lipinski definition) is 6. The minimum atomic E-state index is -2.92. The predicted molar refractivity (Wildman–Crippen MR) is 142 cm³/mol. The highest BCUT2D eigenvalue weighted by atomic mass is 35.5. The number of amides is 1. The van der Waals surface area contributed by atoms with Gasteiger partial charge in [-0.1, -0.05) is 11.6 Å². The highest BCUT2D eigenvalue weighted by molar-refractivity contribution is 6.31. The smallest absolute Gasteiger partial charge is 0.296 e. The Balaban J connectivity index is 1.14. The van der Waals surface area contributed by atoms with E-state index >= 15 is 0 Å². The summed E-state index contributed by atoms with van der Waals surface area (Å²) in [5.74, 6) is -1.46. The van der Waals surface area contributed by atoms with Crippen molar-refractivity contribution in [1.29, 1.82) is 0 Å².